The molecule has 0 radical (unpaired) electrons. The summed E-state index contributed by atoms with van der Waals surface area (Å²) in [5, 5.41) is 4.56. The summed E-state index contributed by atoms with van der Waals surface area (Å²) in [4.78, 5) is 20.2. The van der Waals surface area contributed by atoms with Gasteiger partial charge in [0, 0.05) is 11.6 Å². The summed E-state index contributed by atoms with van der Waals surface area (Å²) < 4.78 is 26.9. The number of amides is 1. The van der Waals surface area contributed by atoms with Crippen molar-refractivity contribution in [3.05, 3.63) is 65.9 Å². The van der Waals surface area contributed by atoms with Gasteiger partial charge in [-0.05, 0) is 24.3 Å². The number of carbonyl (C=O) groups excluding carboxylic acids is 1. The third kappa shape index (κ3) is 4.61. The van der Waals surface area contributed by atoms with Crippen molar-refractivity contribution in [2.75, 3.05) is 10.0 Å². The molecular weight excluding hydrogens is 360 g/mol. The van der Waals surface area contributed by atoms with Crippen LogP contribution in [0, 0.1) is 0 Å². The van der Waals surface area contributed by atoms with Crippen LogP contribution < -0.4 is 10.0 Å². The van der Waals surface area contributed by atoms with E-state index in [1.165, 1.54) is 12.1 Å². The first-order chi connectivity index (χ1) is 12.0. The maximum Gasteiger partial charge on any atom is 0.263 e. The number of hydrogen-bond donors (Lipinski definition) is 2. The smallest absolute Gasteiger partial charge is 0.263 e. The van der Waals surface area contributed by atoms with E-state index in [0.29, 0.717) is 11.4 Å². The van der Waals surface area contributed by atoms with Crippen LogP contribution in [0.5, 0.6) is 0 Å². The lowest BCUT2D eigenvalue weighted by Gasteiger charge is -2.04. The van der Waals surface area contributed by atoms with Crippen LogP contribution in [0.25, 0.3) is 0 Å². The molecule has 1 aromatic carbocycles. The standard InChI is InChI=1S/C16H14N4O3S2/c21-15(18-12-5-4-8-17-10-12)9-13-11-24-16(19-13)20-25(22,23)14-6-2-1-3-7-14/h1-8,10-11H,9H2,(H,18,21)(H,19,20). The number of aromatic nitrogens is 2. The fraction of sp³-hybridized carbons (Fsp3) is 0.0625. The maximum atomic E-state index is 12.2. The van der Waals surface area contributed by atoms with Crippen LogP contribution >= 0.6 is 11.3 Å². The lowest BCUT2D eigenvalue weighted by Crippen LogP contribution is -2.15. The molecule has 25 heavy (non-hydrogen) atoms. The van der Waals surface area contributed by atoms with Crippen molar-refractivity contribution in [3.63, 3.8) is 0 Å². The Bertz CT molecular complexity index is 957. The number of nitrogens with one attached hydrogen (secondary N) is 2. The van der Waals surface area contributed by atoms with Crippen molar-refractivity contribution in [2.24, 2.45) is 0 Å². The largest absolute Gasteiger partial charge is 0.324 e. The SMILES string of the molecule is O=C(Cc1csc(NS(=O)(=O)c2ccccc2)n1)Nc1cccnc1. The minimum Gasteiger partial charge on any atom is -0.324 e. The summed E-state index contributed by atoms with van der Waals surface area (Å²) in [6.45, 7) is 0. The van der Waals surface area contributed by atoms with Gasteiger partial charge in [-0.15, -0.1) is 11.3 Å². The van der Waals surface area contributed by atoms with Crippen LogP contribution in [0.3, 0.4) is 0 Å². The molecule has 9 heteroatoms. The second kappa shape index (κ2) is 7.41. The highest BCUT2D eigenvalue weighted by Crippen LogP contribution is 2.20. The highest BCUT2D eigenvalue weighted by atomic mass is 32.2. The molecule has 7 nitrogen and oxygen atoms in total. The molecule has 0 aliphatic carbocycles. The summed E-state index contributed by atoms with van der Waals surface area (Å²) in [5.41, 5.74) is 1.07. The van der Waals surface area contributed by atoms with Crippen molar-refractivity contribution in [3.8, 4) is 0 Å². The highest BCUT2D eigenvalue weighted by molar-refractivity contribution is 7.93. The van der Waals surface area contributed by atoms with Gasteiger partial charge in [-0.25, -0.2) is 13.4 Å². The Morgan fingerprint density at radius 1 is 1.12 bits per heavy atom. The van der Waals surface area contributed by atoms with Crippen molar-refractivity contribution in [1.29, 1.82) is 0 Å². The van der Waals surface area contributed by atoms with Gasteiger partial charge in [0.2, 0.25) is 5.91 Å². The topological polar surface area (TPSA) is 101 Å². The Balaban J connectivity index is 1.64. The van der Waals surface area contributed by atoms with E-state index < -0.39 is 10.0 Å². The average molecular weight is 374 g/mol. The van der Waals surface area contributed by atoms with Gasteiger partial charge in [-0.1, -0.05) is 18.2 Å². The normalized spacial score (nSPS) is 11.0. The van der Waals surface area contributed by atoms with Crippen molar-refractivity contribution >= 4 is 38.1 Å². The quantitative estimate of drug-likeness (QED) is 0.690. The third-order valence-electron chi connectivity index (χ3n) is 3.11. The fourth-order valence-electron chi connectivity index (χ4n) is 2.01. The van der Waals surface area contributed by atoms with E-state index in [4.69, 9.17) is 0 Å². The molecule has 2 aromatic heterocycles. The van der Waals surface area contributed by atoms with Gasteiger partial charge >= 0.3 is 0 Å². The number of nitrogens with zero attached hydrogens (tertiary/aromatic N) is 2. The Morgan fingerprint density at radius 3 is 2.64 bits per heavy atom. The van der Waals surface area contributed by atoms with E-state index in [2.05, 4.69) is 20.0 Å². The van der Waals surface area contributed by atoms with Gasteiger partial charge < -0.3 is 5.32 Å². The molecule has 1 amide bonds. The third-order valence-corrected chi connectivity index (χ3v) is 5.40. The predicted octanol–water partition coefficient (Wildman–Crippen LogP) is 2.52. The second-order valence-corrected chi connectivity index (χ2v) is 7.57. The summed E-state index contributed by atoms with van der Waals surface area (Å²) in [5.74, 6) is -0.254. The summed E-state index contributed by atoms with van der Waals surface area (Å²) in [7, 11) is -3.69. The molecule has 0 aliphatic heterocycles. The number of anilines is 2. The van der Waals surface area contributed by atoms with Crippen LogP contribution in [0.4, 0.5) is 10.8 Å². The maximum absolute atomic E-state index is 12.2. The molecule has 0 spiro atoms. The number of hydrogen-bond acceptors (Lipinski definition) is 6. The molecule has 128 valence electrons. The van der Waals surface area contributed by atoms with Gasteiger partial charge in [0.05, 0.1) is 28.9 Å². The Hall–Kier alpha value is -2.78. The van der Waals surface area contributed by atoms with Gasteiger partial charge in [-0.2, -0.15) is 0 Å². The first-order valence-electron chi connectivity index (χ1n) is 7.25. The Morgan fingerprint density at radius 2 is 1.92 bits per heavy atom. The predicted molar refractivity (Wildman–Crippen MR) is 95.9 cm³/mol. The number of pyridine rings is 1. The van der Waals surface area contributed by atoms with Gasteiger partial charge in [0.25, 0.3) is 10.0 Å². The average Bonchev–Trinajstić information content (AvgIpc) is 3.02. The number of carbonyl (C=O) groups is 1. The zero-order chi connectivity index (χ0) is 17.7. The summed E-state index contributed by atoms with van der Waals surface area (Å²) in [6, 6.07) is 11.5. The molecule has 0 aliphatic rings. The van der Waals surface area contributed by atoms with Crippen LogP contribution in [-0.2, 0) is 21.2 Å². The van der Waals surface area contributed by atoms with Crippen molar-refractivity contribution in [1.82, 2.24) is 9.97 Å². The van der Waals surface area contributed by atoms with Crippen LogP contribution in [0.15, 0.2) is 65.1 Å². The second-order valence-electron chi connectivity index (χ2n) is 5.03. The Kier molecular flexibility index (Phi) is 5.05. The van der Waals surface area contributed by atoms with Crippen molar-refractivity contribution < 1.29 is 13.2 Å². The minimum absolute atomic E-state index is 0.0401. The van der Waals surface area contributed by atoms with E-state index in [-0.39, 0.29) is 22.4 Å². The lowest BCUT2D eigenvalue weighted by atomic mass is 10.3. The number of rotatable bonds is 6. The number of benzene rings is 1. The molecule has 0 atom stereocenters. The van der Waals surface area contributed by atoms with E-state index in [9.17, 15) is 13.2 Å². The van der Waals surface area contributed by atoms with Crippen molar-refractivity contribution in [2.45, 2.75) is 11.3 Å². The van der Waals surface area contributed by atoms with Crippen LogP contribution in [-0.4, -0.2) is 24.3 Å². The van der Waals surface area contributed by atoms with Gasteiger partial charge in [0.15, 0.2) is 5.13 Å². The molecule has 0 bridgehead atoms. The number of sulfonamides is 1. The molecule has 0 saturated heterocycles. The molecular formula is C16H14N4O3S2. The zero-order valence-electron chi connectivity index (χ0n) is 12.9. The molecule has 2 heterocycles. The summed E-state index contributed by atoms with van der Waals surface area (Å²) >= 11 is 1.13. The molecule has 3 aromatic rings. The fourth-order valence-corrected chi connectivity index (χ4v) is 4.00. The molecule has 2 N–H and O–H groups in total. The highest BCUT2D eigenvalue weighted by Gasteiger charge is 2.16. The molecule has 0 unspecified atom stereocenters. The van der Waals surface area contributed by atoms with Crippen LogP contribution in [0.2, 0.25) is 0 Å². The monoisotopic (exact) mass is 374 g/mol. The molecule has 0 fully saturated rings. The first kappa shape index (κ1) is 17.1. The van der Waals surface area contributed by atoms with E-state index in [1.807, 2.05) is 0 Å². The number of thiazole rings is 1. The molecule has 3 rings (SSSR count). The molecule has 0 saturated carbocycles. The lowest BCUT2D eigenvalue weighted by molar-refractivity contribution is -0.115. The zero-order valence-corrected chi connectivity index (χ0v) is 14.5. The van der Waals surface area contributed by atoms with E-state index >= 15 is 0 Å². The van der Waals surface area contributed by atoms with Crippen LogP contribution in [0.1, 0.15) is 5.69 Å². The first-order valence-corrected chi connectivity index (χ1v) is 9.61. The van der Waals surface area contributed by atoms with E-state index in [0.717, 1.165) is 11.3 Å². The summed E-state index contributed by atoms with van der Waals surface area (Å²) in [6.07, 6.45) is 3.19. The van der Waals surface area contributed by atoms with Gasteiger partial charge in [0.1, 0.15) is 0 Å². The van der Waals surface area contributed by atoms with E-state index in [1.54, 1.807) is 48.1 Å². The Labute approximate surface area is 148 Å². The minimum atomic E-state index is -3.69. The van der Waals surface area contributed by atoms with Gasteiger partial charge in [-0.3, -0.25) is 14.5 Å².